The molecular weight excluding hydrogens is 826 g/mol. The van der Waals surface area contributed by atoms with Crippen LogP contribution in [0.4, 0.5) is 0 Å². The largest absolute Gasteiger partial charge is 0.297 e. The Labute approximate surface area is 402 Å². The van der Waals surface area contributed by atoms with Crippen LogP contribution in [0.1, 0.15) is 257 Å². The lowest BCUT2D eigenvalue weighted by Crippen LogP contribution is -2.34. The van der Waals surface area contributed by atoms with Crippen molar-refractivity contribution >= 4 is 34.6 Å². The molecule has 0 aliphatic carbocycles. The van der Waals surface area contributed by atoms with Gasteiger partial charge in [-0.2, -0.15) is 5.03 Å². The summed E-state index contributed by atoms with van der Waals surface area (Å²) in [6.07, 6.45) is 3.62. The van der Waals surface area contributed by atoms with Crippen LogP contribution in [0.5, 0.6) is 0 Å². The number of hydrogen-bond donors (Lipinski definition) is 0. The summed E-state index contributed by atoms with van der Waals surface area (Å²) in [5.74, 6) is 0. The molecule has 356 valence electrons. The van der Waals surface area contributed by atoms with E-state index in [-0.39, 0.29) is 48.7 Å². The molecule has 0 aliphatic rings. The van der Waals surface area contributed by atoms with E-state index in [4.69, 9.17) is 0 Å². The van der Waals surface area contributed by atoms with Crippen LogP contribution in [0, 0.1) is 0 Å². The second-order valence-corrected chi connectivity index (χ2v) is 33.9. The first kappa shape index (κ1) is 54.9. The average molecular weight is 922 g/mol. The molecular formula is C61H96P3-. The summed E-state index contributed by atoms with van der Waals surface area (Å²) in [6.45, 7) is 68.5. The predicted molar refractivity (Wildman–Crippen MR) is 299 cm³/mol. The average Bonchev–Trinajstić information content (AvgIpc) is 3.51. The zero-order valence-electron chi connectivity index (χ0n) is 46.9. The minimum atomic E-state index is -0.749. The van der Waals surface area contributed by atoms with Crippen molar-refractivity contribution in [1.82, 2.24) is 0 Å². The molecule has 4 aromatic rings. The van der Waals surface area contributed by atoms with Crippen LogP contribution in [-0.2, 0) is 48.7 Å². The van der Waals surface area contributed by atoms with Gasteiger partial charge in [-0.05, 0) is 128 Å². The van der Waals surface area contributed by atoms with E-state index < -0.39 is 7.92 Å². The van der Waals surface area contributed by atoms with E-state index in [1.54, 1.807) is 31.8 Å². The van der Waals surface area contributed by atoms with Gasteiger partial charge in [0, 0.05) is 0 Å². The van der Waals surface area contributed by atoms with Crippen LogP contribution in [0.15, 0.2) is 36.4 Å². The van der Waals surface area contributed by atoms with Crippen molar-refractivity contribution in [3.63, 3.8) is 0 Å². The minimum absolute atomic E-state index is 0.0209. The third-order valence-electron chi connectivity index (χ3n) is 13.2. The molecule has 0 amide bonds. The minimum Gasteiger partial charge on any atom is -0.297 e. The van der Waals surface area contributed by atoms with Crippen LogP contribution >= 0.6 is 24.3 Å². The highest BCUT2D eigenvalue weighted by Crippen LogP contribution is 2.59. The first-order valence-electron chi connectivity index (χ1n) is 24.8. The lowest BCUT2D eigenvalue weighted by molar-refractivity contribution is 0.550. The van der Waals surface area contributed by atoms with E-state index in [9.17, 15) is 0 Å². The van der Waals surface area contributed by atoms with Crippen molar-refractivity contribution in [2.24, 2.45) is 0 Å². The molecule has 0 radical (unpaired) electrons. The molecule has 0 bridgehead atoms. The van der Waals surface area contributed by atoms with Gasteiger partial charge in [0.2, 0.25) is 0 Å². The lowest BCUT2D eigenvalue weighted by atomic mass is 9.72. The molecule has 1 unspecified atom stereocenters. The van der Waals surface area contributed by atoms with Crippen molar-refractivity contribution in [2.45, 2.75) is 255 Å². The van der Waals surface area contributed by atoms with Crippen LogP contribution in [0.2, 0.25) is 0 Å². The van der Waals surface area contributed by atoms with E-state index in [2.05, 4.69) is 230 Å². The van der Waals surface area contributed by atoms with E-state index in [1.807, 2.05) is 0 Å². The van der Waals surface area contributed by atoms with Gasteiger partial charge in [-0.25, -0.2) is 0 Å². The highest BCUT2D eigenvalue weighted by molar-refractivity contribution is 7.84. The lowest BCUT2D eigenvalue weighted by Gasteiger charge is -2.39. The van der Waals surface area contributed by atoms with Gasteiger partial charge < -0.3 is 0 Å². The van der Waals surface area contributed by atoms with Gasteiger partial charge >= 0.3 is 0 Å². The molecule has 1 heterocycles. The fourth-order valence-corrected chi connectivity index (χ4v) is 17.0. The maximum Gasteiger partial charge on any atom is -0.0125 e. The van der Waals surface area contributed by atoms with Gasteiger partial charge in [0.25, 0.3) is 0 Å². The maximum absolute atomic E-state index is 2.65. The number of rotatable bonds is 7. The highest BCUT2D eigenvalue weighted by Gasteiger charge is 2.36. The van der Waals surface area contributed by atoms with Crippen LogP contribution in [-0.4, -0.2) is 6.16 Å². The zero-order valence-corrected chi connectivity index (χ0v) is 49.6. The van der Waals surface area contributed by atoms with Crippen molar-refractivity contribution in [3.05, 3.63) is 86.5 Å². The summed E-state index contributed by atoms with van der Waals surface area (Å²) >= 11 is 0. The van der Waals surface area contributed by atoms with Gasteiger partial charge in [-0.15, -0.1) is 0 Å². The molecule has 1 aromatic heterocycles. The van der Waals surface area contributed by atoms with Crippen molar-refractivity contribution in [3.8, 4) is 21.4 Å². The van der Waals surface area contributed by atoms with Gasteiger partial charge in [-0.1, -0.05) is 255 Å². The Bertz CT molecular complexity index is 2190. The van der Waals surface area contributed by atoms with E-state index in [0.29, 0.717) is 0 Å². The number of hydrogen-bond acceptors (Lipinski definition) is 0. The molecule has 0 saturated heterocycles. The Morgan fingerprint density at radius 1 is 0.391 bits per heavy atom. The smallest absolute Gasteiger partial charge is 0.0125 e. The molecule has 0 fully saturated rings. The standard InChI is InChI=1S/C61H96P3/c1-29-30-31-64(50-45(60(23,24)25)36-40(55(8,9)10)37-46(50)61(26,27)28)52-49(47-41(56(11,12)13)32-38(53(2,3)4)33-42(47)57(14,15)16)62-51(63-52)48-43(58(17,18)19)34-39(54(5,6)7)35-44(48)59(20,21)22/h32-37H,29-31H2,1-28H3/q-1. The summed E-state index contributed by atoms with van der Waals surface area (Å²) in [6, 6.07) is 15.8. The molecule has 3 aromatic carbocycles. The molecule has 4 rings (SSSR count). The highest BCUT2D eigenvalue weighted by atomic mass is 31.2. The van der Waals surface area contributed by atoms with Crippen LogP contribution in [0.3, 0.4) is 0 Å². The molecule has 0 spiro atoms. The molecule has 1 atom stereocenters. The van der Waals surface area contributed by atoms with Gasteiger partial charge in [0.05, 0.1) is 0 Å². The van der Waals surface area contributed by atoms with Crippen molar-refractivity contribution in [2.75, 3.05) is 6.16 Å². The van der Waals surface area contributed by atoms with E-state index in [0.717, 1.165) is 0 Å². The molecule has 0 nitrogen and oxygen atoms in total. The van der Waals surface area contributed by atoms with Crippen molar-refractivity contribution < 1.29 is 0 Å². The number of unbranched alkanes of at least 4 members (excludes halogenated alkanes) is 1. The number of benzene rings is 3. The summed E-state index contributed by atoms with van der Waals surface area (Å²) in [4.78, 5) is 0. The van der Waals surface area contributed by atoms with Crippen molar-refractivity contribution in [1.29, 1.82) is 0 Å². The third-order valence-corrected chi connectivity index (χ3v) is 19.7. The summed E-state index contributed by atoms with van der Waals surface area (Å²) in [5.41, 5.74) is 16.5. The Morgan fingerprint density at radius 3 is 0.938 bits per heavy atom. The first-order chi connectivity index (χ1) is 28.4. The Morgan fingerprint density at radius 2 is 0.672 bits per heavy atom. The Hall–Kier alpha value is -1.70. The second-order valence-electron chi connectivity index (χ2n) is 28.8. The normalized spacial score (nSPS) is 14.9. The topological polar surface area (TPSA) is 0 Å². The monoisotopic (exact) mass is 922 g/mol. The van der Waals surface area contributed by atoms with E-state index >= 15 is 0 Å². The SMILES string of the molecule is CCCCP(c1[p-]c(-c2c(C(C)(C)C)cc(C(C)(C)C)cc2C(C)(C)C)pc1-c1c(C(C)(C)C)cc(C(C)(C)C)cc1C(C)(C)C)c1c(C(C)(C)C)cc(C(C)(C)C)cc1C(C)(C)C. The Kier molecular flexibility index (Phi) is 15.4. The molecule has 0 aliphatic heterocycles. The molecule has 0 saturated carbocycles. The molecule has 3 heteroatoms. The van der Waals surface area contributed by atoms with E-state index in [1.165, 1.54) is 85.5 Å². The summed E-state index contributed by atoms with van der Waals surface area (Å²) < 4.78 is 0. The second kappa shape index (κ2) is 18.0. The molecule has 0 N–H and O–H groups in total. The summed E-state index contributed by atoms with van der Waals surface area (Å²) in [7, 11) is 2.05. The Balaban J connectivity index is 2.52. The molecule has 64 heavy (non-hydrogen) atoms. The summed E-state index contributed by atoms with van der Waals surface area (Å²) in [5, 5.41) is 6.57. The predicted octanol–water partition coefficient (Wildman–Crippen LogP) is 19.8. The zero-order chi connectivity index (χ0) is 49.5. The van der Waals surface area contributed by atoms with Gasteiger partial charge in [0.1, 0.15) is 0 Å². The third kappa shape index (κ3) is 12.1. The van der Waals surface area contributed by atoms with Crippen LogP contribution < -0.4 is 10.3 Å². The maximum atomic E-state index is 2.65. The van der Waals surface area contributed by atoms with Gasteiger partial charge in [0.15, 0.2) is 0 Å². The van der Waals surface area contributed by atoms with Gasteiger partial charge in [-0.3, -0.25) is 16.4 Å². The fraction of sp³-hybridized carbons (Fsp3) is 0.656. The quantitative estimate of drug-likeness (QED) is 0.162. The first-order valence-corrected chi connectivity index (χ1v) is 28.1. The fourth-order valence-electron chi connectivity index (χ4n) is 8.96. The van der Waals surface area contributed by atoms with Crippen LogP contribution in [0.25, 0.3) is 21.4 Å².